The molecule has 0 radical (unpaired) electrons. The van der Waals surface area contributed by atoms with Crippen LogP contribution in [0.4, 0.5) is 10.1 Å². The van der Waals surface area contributed by atoms with Crippen LogP contribution < -0.4 is 5.32 Å². The first kappa shape index (κ1) is 16.1. The van der Waals surface area contributed by atoms with Crippen LogP contribution in [0.15, 0.2) is 60.7 Å². The average Bonchev–Trinajstić information content (AvgIpc) is 2.48. The van der Waals surface area contributed by atoms with Crippen molar-refractivity contribution in [2.75, 3.05) is 16.8 Å². The van der Waals surface area contributed by atoms with Gasteiger partial charge in [-0.2, -0.15) is 0 Å². The highest BCUT2D eigenvalue weighted by molar-refractivity contribution is 7.85. The summed E-state index contributed by atoms with van der Waals surface area (Å²) in [4.78, 5) is 11.7. The zero-order valence-corrected chi connectivity index (χ0v) is 12.7. The Morgan fingerprint density at radius 1 is 1.14 bits per heavy atom. The minimum Gasteiger partial charge on any atom is -0.325 e. The van der Waals surface area contributed by atoms with E-state index >= 15 is 0 Å². The molecular weight excluding hydrogens is 301 g/mol. The van der Waals surface area contributed by atoms with Gasteiger partial charge in [0.2, 0.25) is 5.91 Å². The quantitative estimate of drug-likeness (QED) is 0.889. The van der Waals surface area contributed by atoms with Crippen molar-refractivity contribution in [2.45, 2.75) is 0 Å². The molecule has 0 aliphatic rings. The fourth-order valence-electron chi connectivity index (χ4n) is 1.82. The maximum atomic E-state index is 13.0. The lowest BCUT2D eigenvalue weighted by atomic mass is 10.2. The van der Waals surface area contributed by atoms with Crippen LogP contribution in [0, 0.1) is 5.82 Å². The van der Waals surface area contributed by atoms with Crippen LogP contribution in [-0.2, 0) is 15.6 Å². The van der Waals surface area contributed by atoms with Crippen molar-refractivity contribution in [3.63, 3.8) is 0 Å². The van der Waals surface area contributed by atoms with Crippen LogP contribution in [0.2, 0.25) is 0 Å². The van der Waals surface area contributed by atoms with Gasteiger partial charge in [-0.1, -0.05) is 48.6 Å². The normalized spacial score (nSPS) is 12.2. The summed E-state index contributed by atoms with van der Waals surface area (Å²) in [7, 11) is -1.30. The van der Waals surface area contributed by atoms with Crippen LogP contribution in [0.3, 0.4) is 0 Å². The van der Waals surface area contributed by atoms with Crippen LogP contribution in [0.5, 0.6) is 0 Å². The predicted molar refractivity (Wildman–Crippen MR) is 88.4 cm³/mol. The molecule has 2 aromatic carbocycles. The summed E-state index contributed by atoms with van der Waals surface area (Å²) in [6.07, 6.45) is 3.64. The molecule has 0 aliphatic heterocycles. The Balaban J connectivity index is 1.79. The SMILES string of the molecule is O=C(C[S@@](=O)C/C=C/c1ccccc1)Nc1cccc(F)c1. The largest absolute Gasteiger partial charge is 0.325 e. The molecule has 0 unspecified atom stereocenters. The Bertz CT molecular complexity index is 686. The summed E-state index contributed by atoms with van der Waals surface area (Å²) < 4.78 is 24.8. The second kappa shape index (κ2) is 8.24. The number of rotatable bonds is 6. The van der Waals surface area contributed by atoms with Gasteiger partial charge in [0.15, 0.2) is 0 Å². The Morgan fingerprint density at radius 3 is 2.64 bits per heavy atom. The number of carbonyl (C=O) groups is 1. The Labute approximate surface area is 131 Å². The molecule has 0 saturated carbocycles. The van der Waals surface area contributed by atoms with Gasteiger partial charge in [0.05, 0.1) is 0 Å². The first-order valence-corrected chi connectivity index (χ1v) is 8.24. The molecule has 0 saturated heterocycles. The molecule has 3 nitrogen and oxygen atoms in total. The first-order valence-electron chi connectivity index (χ1n) is 6.75. The second-order valence-electron chi connectivity index (χ2n) is 4.62. The van der Waals surface area contributed by atoms with Crippen molar-refractivity contribution in [2.24, 2.45) is 0 Å². The molecule has 0 bridgehead atoms. The van der Waals surface area contributed by atoms with Crippen molar-refractivity contribution >= 4 is 28.5 Å². The Kier molecular flexibility index (Phi) is 6.03. The maximum Gasteiger partial charge on any atom is 0.237 e. The summed E-state index contributed by atoms with van der Waals surface area (Å²) in [6, 6.07) is 15.2. The Morgan fingerprint density at radius 2 is 1.91 bits per heavy atom. The lowest BCUT2D eigenvalue weighted by Crippen LogP contribution is -2.20. The van der Waals surface area contributed by atoms with Crippen LogP contribution >= 0.6 is 0 Å². The molecular formula is C17H16FNO2S. The van der Waals surface area contributed by atoms with Gasteiger partial charge in [0.25, 0.3) is 0 Å². The van der Waals surface area contributed by atoms with Crippen LogP contribution in [-0.4, -0.2) is 21.6 Å². The second-order valence-corrected chi connectivity index (χ2v) is 6.12. The lowest BCUT2D eigenvalue weighted by molar-refractivity contribution is -0.113. The van der Waals surface area contributed by atoms with Crippen molar-refractivity contribution in [1.29, 1.82) is 0 Å². The fraction of sp³-hybridized carbons (Fsp3) is 0.118. The molecule has 1 amide bonds. The van der Waals surface area contributed by atoms with Gasteiger partial charge in [0.1, 0.15) is 11.6 Å². The minimum atomic E-state index is -1.30. The number of carbonyl (C=O) groups excluding carboxylic acids is 1. The number of nitrogens with one attached hydrogen (secondary N) is 1. The van der Waals surface area contributed by atoms with Crippen LogP contribution in [0.25, 0.3) is 6.08 Å². The highest BCUT2D eigenvalue weighted by atomic mass is 32.2. The third-order valence-electron chi connectivity index (χ3n) is 2.79. The van der Waals surface area contributed by atoms with Crippen molar-refractivity contribution in [3.8, 4) is 0 Å². The number of halogens is 1. The zero-order valence-electron chi connectivity index (χ0n) is 11.9. The highest BCUT2D eigenvalue weighted by Gasteiger charge is 2.07. The van der Waals surface area contributed by atoms with Gasteiger partial charge in [-0.3, -0.25) is 9.00 Å². The van der Waals surface area contributed by atoms with Crippen molar-refractivity contribution in [1.82, 2.24) is 0 Å². The predicted octanol–water partition coefficient (Wildman–Crippen LogP) is 3.23. The number of benzene rings is 2. The van der Waals surface area contributed by atoms with E-state index in [9.17, 15) is 13.4 Å². The van der Waals surface area contributed by atoms with E-state index in [4.69, 9.17) is 0 Å². The molecule has 22 heavy (non-hydrogen) atoms. The molecule has 5 heteroatoms. The van der Waals surface area contributed by atoms with Gasteiger partial charge in [-0.05, 0) is 23.8 Å². The summed E-state index contributed by atoms with van der Waals surface area (Å²) >= 11 is 0. The van der Waals surface area contributed by atoms with E-state index in [0.717, 1.165) is 5.56 Å². The third-order valence-corrected chi connectivity index (χ3v) is 3.94. The van der Waals surface area contributed by atoms with Crippen molar-refractivity contribution in [3.05, 3.63) is 72.1 Å². The highest BCUT2D eigenvalue weighted by Crippen LogP contribution is 2.09. The molecule has 0 aliphatic carbocycles. The topological polar surface area (TPSA) is 46.2 Å². The van der Waals surface area contributed by atoms with Crippen LogP contribution in [0.1, 0.15) is 5.56 Å². The molecule has 2 aromatic rings. The summed E-state index contributed by atoms with van der Waals surface area (Å²) in [5, 5.41) is 2.53. The number of hydrogen-bond acceptors (Lipinski definition) is 2. The monoisotopic (exact) mass is 317 g/mol. The maximum absolute atomic E-state index is 13.0. The van der Waals surface area contributed by atoms with E-state index in [2.05, 4.69) is 5.32 Å². The molecule has 2 rings (SSSR count). The molecule has 0 fully saturated rings. The number of hydrogen-bond donors (Lipinski definition) is 1. The molecule has 0 aromatic heterocycles. The van der Waals surface area contributed by atoms with E-state index in [1.807, 2.05) is 36.4 Å². The molecule has 1 atom stereocenters. The lowest BCUT2D eigenvalue weighted by Gasteiger charge is -2.04. The van der Waals surface area contributed by atoms with E-state index in [-0.39, 0.29) is 5.75 Å². The van der Waals surface area contributed by atoms with E-state index in [1.165, 1.54) is 18.2 Å². The fourth-order valence-corrected chi connectivity index (χ4v) is 2.62. The number of amides is 1. The third kappa shape index (κ3) is 5.61. The van der Waals surface area contributed by atoms with Gasteiger partial charge >= 0.3 is 0 Å². The van der Waals surface area contributed by atoms with Gasteiger partial charge < -0.3 is 5.32 Å². The average molecular weight is 317 g/mol. The Hall–Kier alpha value is -2.27. The number of anilines is 1. The smallest absolute Gasteiger partial charge is 0.237 e. The molecule has 0 heterocycles. The zero-order chi connectivity index (χ0) is 15.8. The van der Waals surface area contributed by atoms with Gasteiger partial charge in [-0.25, -0.2) is 4.39 Å². The summed E-state index contributed by atoms with van der Waals surface area (Å²) in [5.41, 5.74) is 1.38. The molecule has 114 valence electrons. The van der Waals surface area contributed by atoms with Gasteiger partial charge in [0, 0.05) is 22.2 Å². The standard InChI is InChI=1S/C17H16FNO2S/c18-15-9-4-10-16(12-15)19-17(20)13-22(21)11-5-8-14-6-2-1-3-7-14/h1-10,12H,11,13H2,(H,19,20)/b8-5+/t22-/m0/s1. The summed E-state index contributed by atoms with van der Waals surface area (Å²) in [5.74, 6) is -0.636. The van der Waals surface area contributed by atoms with Gasteiger partial charge in [-0.15, -0.1) is 0 Å². The first-order chi connectivity index (χ1) is 10.6. The van der Waals surface area contributed by atoms with E-state index in [0.29, 0.717) is 11.4 Å². The van der Waals surface area contributed by atoms with E-state index < -0.39 is 22.5 Å². The summed E-state index contributed by atoms with van der Waals surface area (Å²) in [6.45, 7) is 0. The van der Waals surface area contributed by atoms with Crippen molar-refractivity contribution < 1.29 is 13.4 Å². The molecule has 1 N–H and O–H groups in total. The molecule has 0 spiro atoms. The minimum absolute atomic E-state index is 0.115. The van der Waals surface area contributed by atoms with E-state index in [1.54, 1.807) is 12.1 Å².